The molecule has 1 saturated heterocycles. The first kappa shape index (κ1) is 21.0. The number of aryl methyl sites for hydroxylation is 2. The van der Waals surface area contributed by atoms with E-state index in [0.29, 0.717) is 0 Å². The molecule has 3 rings (SSSR count). The molecule has 0 spiro atoms. The molecule has 0 aliphatic carbocycles. The molecule has 0 bridgehead atoms. The van der Waals surface area contributed by atoms with E-state index in [4.69, 9.17) is 10.00 Å². The van der Waals surface area contributed by atoms with Crippen molar-refractivity contribution in [1.29, 1.82) is 5.26 Å². The van der Waals surface area contributed by atoms with Crippen molar-refractivity contribution in [3.8, 4) is 6.07 Å². The standard InChI is InChI=1S/C23H31N3OS/c1-5-27-17-23(11-10-20-8-9-21(14-24)28-20)12-13-26(16-23)22(3,4)19-7-6-18(2)25-15-19/h6-9,15H,5,10-13,16-17H2,1-4H3/t23-/m1/s1. The lowest BCUT2D eigenvalue weighted by Crippen LogP contribution is -2.42. The van der Waals surface area contributed by atoms with E-state index in [2.05, 4.69) is 54.9 Å². The predicted octanol–water partition coefficient (Wildman–Crippen LogP) is 4.92. The van der Waals surface area contributed by atoms with E-state index < -0.39 is 0 Å². The van der Waals surface area contributed by atoms with Crippen LogP contribution in [0.25, 0.3) is 0 Å². The molecule has 0 saturated carbocycles. The van der Waals surface area contributed by atoms with Gasteiger partial charge in [0, 0.05) is 40.9 Å². The van der Waals surface area contributed by atoms with Crippen LogP contribution in [0, 0.1) is 23.7 Å². The van der Waals surface area contributed by atoms with Gasteiger partial charge in [0.05, 0.1) is 6.61 Å². The summed E-state index contributed by atoms with van der Waals surface area (Å²) < 4.78 is 5.93. The Bertz CT molecular complexity index is 821. The molecule has 3 heterocycles. The van der Waals surface area contributed by atoms with Gasteiger partial charge in [0.15, 0.2) is 0 Å². The van der Waals surface area contributed by atoms with Gasteiger partial charge in [-0.25, -0.2) is 0 Å². The van der Waals surface area contributed by atoms with Crippen LogP contribution in [0.4, 0.5) is 0 Å². The van der Waals surface area contributed by atoms with Gasteiger partial charge in [-0.2, -0.15) is 5.26 Å². The average Bonchev–Trinajstić information content (AvgIpc) is 3.33. The molecular weight excluding hydrogens is 366 g/mol. The van der Waals surface area contributed by atoms with Crippen molar-refractivity contribution >= 4 is 11.3 Å². The van der Waals surface area contributed by atoms with Gasteiger partial charge >= 0.3 is 0 Å². The highest BCUT2D eigenvalue weighted by atomic mass is 32.1. The normalized spacial score (nSPS) is 20.4. The number of nitrogens with zero attached hydrogens (tertiary/aromatic N) is 3. The van der Waals surface area contributed by atoms with Crippen LogP contribution in [0.5, 0.6) is 0 Å². The minimum absolute atomic E-state index is 0.0500. The van der Waals surface area contributed by atoms with Crippen LogP contribution >= 0.6 is 11.3 Å². The number of pyridine rings is 1. The zero-order valence-electron chi connectivity index (χ0n) is 17.5. The first-order chi connectivity index (χ1) is 13.4. The number of ether oxygens (including phenoxy) is 1. The molecule has 2 aromatic rings. The van der Waals surface area contributed by atoms with Crippen molar-refractivity contribution in [2.24, 2.45) is 5.41 Å². The zero-order valence-corrected chi connectivity index (χ0v) is 18.3. The van der Waals surface area contributed by atoms with Crippen LogP contribution in [-0.2, 0) is 16.7 Å². The van der Waals surface area contributed by atoms with Crippen LogP contribution in [0.3, 0.4) is 0 Å². The van der Waals surface area contributed by atoms with E-state index in [1.165, 1.54) is 10.4 Å². The summed E-state index contributed by atoms with van der Waals surface area (Å²) in [7, 11) is 0. The van der Waals surface area contributed by atoms with E-state index in [9.17, 15) is 0 Å². The molecule has 1 aliphatic heterocycles. The quantitative estimate of drug-likeness (QED) is 0.634. The molecule has 4 nitrogen and oxygen atoms in total. The van der Waals surface area contributed by atoms with Gasteiger partial charge in [0.1, 0.15) is 10.9 Å². The Morgan fingerprint density at radius 2 is 2.14 bits per heavy atom. The largest absolute Gasteiger partial charge is 0.381 e. The number of nitriles is 1. The lowest BCUT2D eigenvalue weighted by atomic mass is 9.82. The minimum atomic E-state index is -0.0500. The Morgan fingerprint density at radius 1 is 1.32 bits per heavy atom. The smallest absolute Gasteiger partial charge is 0.110 e. The third kappa shape index (κ3) is 4.63. The number of aromatic nitrogens is 1. The van der Waals surface area contributed by atoms with Gasteiger partial charge < -0.3 is 4.74 Å². The van der Waals surface area contributed by atoms with Gasteiger partial charge in [-0.1, -0.05) is 6.07 Å². The van der Waals surface area contributed by atoms with Crippen LogP contribution in [0.15, 0.2) is 30.5 Å². The maximum Gasteiger partial charge on any atom is 0.110 e. The van der Waals surface area contributed by atoms with E-state index in [1.807, 2.05) is 19.2 Å². The van der Waals surface area contributed by atoms with Crippen LogP contribution in [0.1, 0.15) is 54.6 Å². The Labute approximate surface area is 173 Å². The van der Waals surface area contributed by atoms with E-state index >= 15 is 0 Å². The van der Waals surface area contributed by atoms with Crippen LogP contribution < -0.4 is 0 Å². The fourth-order valence-corrected chi connectivity index (χ4v) is 4.90. The van der Waals surface area contributed by atoms with Crippen molar-refractivity contribution in [2.75, 3.05) is 26.3 Å². The molecule has 0 radical (unpaired) electrons. The fraction of sp³-hybridized carbons (Fsp3) is 0.565. The molecule has 28 heavy (non-hydrogen) atoms. The first-order valence-corrected chi connectivity index (χ1v) is 10.9. The Balaban J connectivity index is 1.73. The molecule has 150 valence electrons. The summed E-state index contributed by atoms with van der Waals surface area (Å²) in [4.78, 5) is 9.20. The predicted molar refractivity (Wildman–Crippen MR) is 114 cm³/mol. The lowest BCUT2D eigenvalue weighted by Gasteiger charge is -2.38. The van der Waals surface area contributed by atoms with Gasteiger partial charge in [-0.3, -0.25) is 9.88 Å². The molecule has 0 amide bonds. The number of thiophene rings is 1. The molecule has 1 aliphatic rings. The van der Waals surface area contributed by atoms with Crippen LogP contribution in [-0.4, -0.2) is 36.2 Å². The summed E-state index contributed by atoms with van der Waals surface area (Å²) in [5, 5.41) is 9.08. The average molecular weight is 398 g/mol. The minimum Gasteiger partial charge on any atom is -0.381 e. The third-order valence-electron chi connectivity index (χ3n) is 6.13. The summed E-state index contributed by atoms with van der Waals surface area (Å²) >= 11 is 1.62. The molecule has 0 N–H and O–H groups in total. The summed E-state index contributed by atoms with van der Waals surface area (Å²) in [6, 6.07) is 10.6. The second kappa shape index (κ2) is 8.73. The Hall–Kier alpha value is -1.74. The van der Waals surface area contributed by atoms with Crippen molar-refractivity contribution in [3.05, 3.63) is 51.5 Å². The molecule has 0 aromatic carbocycles. The van der Waals surface area contributed by atoms with Gasteiger partial charge in [0.25, 0.3) is 0 Å². The van der Waals surface area contributed by atoms with Crippen molar-refractivity contribution < 1.29 is 4.74 Å². The highest BCUT2D eigenvalue weighted by molar-refractivity contribution is 7.12. The summed E-state index contributed by atoms with van der Waals surface area (Å²) in [5.41, 5.74) is 2.44. The lowest BCUT2D eigenvalue weighted by molar-refractivity contribution is 0.0386. The van der Waals surface area contributed by atoms with E-state index in [-0.39, 0.29) is 11.0 Å². The molecule has 1 fully saturated rings. The number of rotatable bonds is 8. The van der Waals surface area contributed by atoms with Crippen molar-refractivity contribution in [1.82, 2.24) is 9.88 Å². The molecular formula is C23H31N3OS. The van der Waals surface area contributed by atoms with Gasteiger partial charge in [0.2, 0.25) is 0 Å². The summed E-state index contributed by atoms with van der Waals surface area (Å²) in [5.74, 6) is 0. The second-order valence-electron chi connectivity index (χ2n) is 8.43. The second-order valence-corrected chi connectivity index (χ2v) is 9.60. The molecule has 5 heteroatoms. The Kier molecular flexibility index (Phi) is 6.54. The number of hydrogen-bond donors (Lipinski definition) is 0. The van der Waals surface area contributed by atoms with Crippen molar-refractivity contribution in [2.45, 2.75) is 52.5 Å². The van der Waals surface area contributed by atoms with Crippen molar-refractivity contribution in [3.63, 3.8) is 0 Å². The maximum atomic E-state index is 9.08. The topological polar surface area (TPSA) is 49.1 Å². The van der Waals surface area contributed by atoms with Crippen LogP contribution in [0.2, 0.25) is 0 Å². The highest BCUT2D eigenvalue weighted by Crippen LogP contribution is 2.42. The molecule has 0 unspecified atom stereocenters. The summed E-state index contributed by atoms with van der Waals surface area (Å²) in [6.45, 7) is 12.4. The molecule has 1 atom stereocenters. The summed E-state index contributed by atoms with van der Waals surface area (Å²) in [6.07, 6.45) is 5.27. The number of hydrogen-bond acceptors (Lipinski definition) is 5. The molecule has 2 aromatic heterocycles. The monoisotopic (exact) mass is 397 g/mol. The zero-order chi connectivity index (χ0) is 20.2. The van der Waals surface area contributed by atoms with Gasteiger partial charge in [-0.05, 0) is 77.3 Å². The van der Waals surface area contributed by atoms with E-state index in [1.54, 1.807) is 11.3 Å². The maximum absolute atomic E-state index is 9.08. The number of likely N-dealkylation sites (tertiary alicyclic amines) is 1. The Morgan fingerprint density at radius 3 is 2.79 bits per heavy atom. The van der Waals surface area contributed by atoms with E-state index in [0.717, 1.165) is 56.1 Å². The first-order valence-electron chi connectivity index (χ1n) is 10.1. The SMILES string of the molecule is CCOC[C@]1(CCc2ccc(C#N)s2)CCN(C(C)(C)c2ccc(C)nc2)C1. The third-order valence-corrected chi connectivity index (χ3v) is 7.18. The van der Waals surface area contributed by atoms with Gasteiger partial charge in [-0.15, -0.1) is 11.3 Å². The fourth-order valence-electron chi connectivity index (χ4n) is 4.10. The highest BCUT2D eigenvalue weighted by Gasteiger charge is 2.43.